The molecular formula is C22H27F2N7O2S. The van der Waals surface area contributed by atoms with Crippen LogP contribution < -0.4 is 21.7 Å². The summed E-state index contributed by atoms with van der Waals surface area (Å²) in [4.78, 5) is 19.3. The Bertz CT molecular complexity index is 1160. The molecule has 2 aromatic heterocycles. The van der Waals surface area contributed by atoms with Crippen LogP contribution in [0.4, 0.5) is 25.3 Å². The maximum absolute atomic E-state index is 14.2. The maximum atomic E-state index is 14.2. The molecule has 0 radical (unpaired) electrons. The molecular weight excluding hydrogens is 464 g/mol. The zero-order valence-electron chi connectivity index (χ0n) is 18.9. The number of hydrogen-bond acceptors (Lipinski definition) is 8. The number of carbonyl (C=O) groups excluding carboxylic acids is 1. The zero-order chi connectivity index (χ0) is 24.4. The van der Waals surface area contributed by atoms with E-state index in [0.717, 1.165) is 42.1 Å². The van der Waals surface area contributed by atoms with Crippen LogP contribution in [0.5, 0.6) is 0 Å². The van der Waals surface area contributed by atoms with E-state index in [1.54, 1.807) is 18.0 Å². The summed E-state index contributed by atoms with van der Waals surface area (Å²) in [5, 5.41) is 7.27. The molecule has 2 atom stereocenters. The third-order valence-corrected chi connectivity index (χ3v) is 6.80. The molecule has 34 heavy (non-hydrogen) atoms. The second-order valence-corrected chi connectivity index (χ2v) is 9.01. The second kappa shape index (κ2) is 10.0. The molecule has 12 heteroatoms. The first-order chi connectivity index (χ1) is 16.3. The van der Waals surface area contributed by atoms with Gasteiger partial charge in [-0.25, -0.2) is 18.4 Å². The van der Waals surface area contributed by atoms with Gasteiger partial charge in [0, 0.05) is 32.8 Å². The lowest BCUT2D eigenvalue weighted by Crippen LogP contribution is -2.35. The van der Waals surface area contributed by atoms with Crippen LogP contribution in [0.15, 0.2) is 24.4 Å². The van der Waals surface area contributed by atoms with Gasteiger partial charge < -0.3 is 26.4 Å². The number of nitrogens with two attached hydrogens (primary N) is 2. The summed E-state index contributed by atoms with van der Waals surface area (Å²) in [6, 6.07) is 3.43. The molecule has 1 aliphatic heterocycles. The number of anilines is 3. The Morgan fingerprint density at radius 3 is 2.68 bits per heavy atom. The molecule has 0 bridgehead atoms. The molecule has 0 saturated carbocycles. The number of carbonyl (C=O) groups is 1. The summed E-state index contributed by atoms with van der Waals surface area (Å²) in [5.74, 6) is -1.40. The highest BCUT2D eigenvalue weighted by Crippen LogP contribution is 2.35. The van der Waals surface area contributed by atoms with Crippen LogP contribution >= 0.6 is 11.3 Å². The average Bonchev–Trinajstić information content (AvgIpc) is 3.33. The van der Waals surface area contributed by atoms with Gasteiger partial charge >= 0.3 is 0 Å². The third-order valence-electron chi connectivity index (χ3n) is 5.90. The minimum Gasteiger partial charge on any atom is -0.389 e. The topological polar surface area (TPSA) is 124 Å². The Labute approximate surface area is 199 Å². The number of hydrogen-bond donors (Lipinski definition) is 3. The van der Waals surface area contributed by atoms with Gasteiger partial charge in [0.15, 0.2) is 11.5 Å². The van der Waals surface area contributed by atoms with Crippen molar-refractivity contribution in [2.24, 2.45) is 5.73 Å². The van der Waals surface area contributed by atoms with E-state index in [1.165, 1.54) is 6.07 Å². The smallest absolute Gasteiger partial charge is 0.277 e. The predicted octanol–water partition coefficient (Wildman–Crippen LogP) is 3.08. The molecule has 9 nitrogen and oxygen atoms in total. The molecule has 1 fully saturated rings. The average molecular weight is 492 g/mol. The number of thiazole rings is 1. The number of halogens is 2. The number of benzene rings is 1. The van der Waals surface area contributed by atoms with E-state index in [0.29, 0.717) is 25.3 Å². The van der Waals surface area contributed by atoms with Crippen molar-refractivity contribution in [3.05, 3.63) is 41.7 Å². The number of amides is 1. The Morgan fingerprint density at radius 2 is 2.00 bits per heavy atom. The standard InChI is InChI=1S/C22H27F2N7O2S/c1-3-31-22(30-9-7-14(25)16(33-2)8-10-30)15(11-27-31)28-20(32)18-19(26)34-21(29-18)17-12(23)5-4-6-13(17)24/h4-6,11,14,16H,3,7-10,25-26H2,1-2H3,(H,28,32)/t14-,16+/m0/s1. The molecule has 1 saturated heterocycles. The van der Waals surface area contributed by atoms with Crippen molar-refractivity contribution in [3.63, 3.8) is 0 Å². The van der Waals surface area contributed by atoms with Crippen LogP contribution in [0.25, 0.3) is 10.6 Å². The van der Waals surface area contributed by atoms with Crippen molar-refractivity contribution in [1.82, 2.24) is 14.8 Å². The minimum absolute atomic E-state index is 0.00478. The van der Waals surface area contributed by atoms with Gasteiger partial charge in [0.2, 0.25) is 0 Å². The van der Waals surface area contributed by atoms with E-state index in [4.69, 9.17) is 16.2 Å². The first kappa shape index (κ1) is 24.0. The van der Waals surface area contributed by atoms with E-state index >= 15 is 0 Å². The summed E-state index contributed by atoms with van der Waals surface area (Å²) in [6.07, 6.45) is 2.97. The van der Waals surface area contributed by atoms with Crippen LogP contribution in [0.2, 0.25) is 0 Å². The summed E-state index contributed by atoms with van der Waals surface area (Å²) in [7, 11) is 1.65. The number of nitrogens with one attached hydrogen (secondary N) is 1. The van der Waals surface area contributed by atoms with Gasteiger partial charge in [0.05, 0.1) is 17.9 Å². The molecule has 4 rings (SSSR count). The zero-order valence-corrected chi connectivity index (χ0v) is 19.7. The lowest BCUT2D eigenvalue weighted by Gasteiger charge is -2.24. The first-order valence-corrected chi connectivity index (χ1v) is 11.8. The maximum Gasteiger partial charge on any atom is 0.277 e. The van der Waals surface area contributed by atoms with Gasteiger partial charge in [0.1, 0.15) is 27.3 Å². The lowest BCUT2D eigenvalue weighted by atomic mass is 10.1. The van der Waals surface area contributed by atoms with Gasteiger partial charge in [-0.05, 0) is 31.9 Å². The van der Waals surface area contributed by atoms with Crippen molar-refractivity contribution >= 4 is 33.8 Å². The monoisotopic (exact) mass is 491 g/mol. The van der Waals surface area contributed by atoms with Gasteiger partial charge in [-0.3, -0.25) is 4.79 Å². The van der Waals surface area contributed by atoms with Gasteiger partial charge in [0.25, 0.3) is 5.91 Å². The highest BCUT2D eigenvalue weighted by atomic mass is 32.1. The quantitative estimate of drug-likeness (QED) is 0.484. The molecule has 0 aliphatic carbocycles. The highest BCUT2D eigenvalue weighted by Gasteiger charge is 2.28. The van der Waals surface area contributed by atoms with Crippen molar-refractivity contribution in [1.29, 1.82) is 0 Å². The van der Waals surface area contributed by atoms with Gasteiger partial charge in [-0.15, -0.1) is 0 Å². The fraction of sp³-hybridized carbons (Fsp3) is 0.409. The summed E-state index contributed by atoms with van der Waals surface area (Å²) >= 11 is 0.849. The number of aryl methyl sites for hydroxylation is 1. The minimum atomic E-state index is -0.777. The number of aromatic nitrogens is 3. The van der Waals surface area contributed by atoms with E-state index < -0.39 is 17.5 Å². The van der Waals surface area contributed by atoms with Crippen LogP contribution in [-0.4, -0.2) is 53.0 Å². The fourth-order valence-corrected chi connectivity index (χ4v) is 5.00. The first-order valence-electron chi connectivity index (χ1n) is 10.9. The molecule has 0 spiro atoms. The van der Waals surface area contributed by atoms with E-state index in [9.17, 15) is 13.6 Å². The summed E-state index contributed by atoms with van der Waals surface area (Å²) in [6.45, 7) is 3.90. The second-order valence-electron chi connectivity index (χ2n) is 7.98. The highest BCUT2D eigenvalue weighted by molar-refractivity contribution is 7.19. The number of methoxy groups -OCH3 is 1. The van der Waals surface area contributed by atoms with Gasteiger partial charge in [-0.1, -0.05) is 17.4 Å². The molecule has 182 valence electrons. The van der Waals surface area contributed by atoms with Crippen molar-refractivity contribution in [3.8, 4) is 10.6 Å². The predicted molar refractivity (Wildman–Crippen MR) is 128 cm³/mol. The van der Waals surface area contributed by atoms with Crippen LogP contribution in [0, 0.1) is 11.6 Å². The van der Waals surface area contributed by atoms with Crippen LogP contribution in [-0.2, 0) is 11.3 Å². The van der Waals surface area contributed by atoms with E-state index in [1.807, 2.05) is 6.92 Å². The number of rotatable bonds is 6. The van der Waals surface area contributed by atoms with Crippen LogP contribution in [0.1, 0.15) is 30.3 Å². The number of ether oxygens (including phenoxy) is 1. The Balaban J connectivity index is 1.60. The Hall–Kier alpha value is -3.09. The van der Waals surface area contributed by atoms with Gasteiger partial charge in [-0.2, -0.15) is 5.10 Å². The Morgan fingerprint density at radius 1 is 1.29 bits per heavy atom. The molecule has 3 heterocycles. The van der Waals surface area contributed by atoms with Crippen LogP contribution in [0.3, 0.4) is 0 Å². The largest absolute Gasteiger partial charge is 0.389 e. The SMILES string of the molecule is CCn1ncc(NC(=O)c2nc(-c3c(F)cccc3F)sc2N)c1N1CC[C@H](N)[C@H](OC)CC1. The summed E-state index contributed by atoms with van der Waals surface area (Å²) < 4.78 is 35.7. The van der Waals surface area contributed by atoms with E-state index in [2.05, 4.69) is 20.3 Å². The van der Waals surface area contributed by atoms with E-state index in [-0.39, 0.29) is 33.4 Å². The molecule has 0 unspecified atom stereocenters. The number of nitrogens with zero attached hydrogens (tertiary/aromatic N) is 4. The number of nitrogen functional groups attached to an aromatic ring is 1. The molecule has 5 N–H and O–H groups in total. The lowest BCUT2D eigenvalue weighted by molar-refractivity contribution is 0.0781. The normalized spacial score (nSPS) is 18.7. The summed E-state index contributed by atoms with van der Waals surface area (Å²) in [5.41, 5.74) is 12.3. The van der Waals surface area contributed by atoms with Crippen molar-refractivity contribution < 1.29 is 18.3 Å². The molecule has 1 amide bonds. The third kappa shape index (κ3) is 4.61. The fourth-order valence-electron chi connectivity index (χ4n) is 4.12. The van der Waals surface area contributed by atoms with Crippen molar-refractivity contribution in [2.75, 3.05) is 36.1 Å². The van der Waals surface area contributed by atoms with Crippen molar-refractivity contribution in [2.45, 2.75) is 38.5 Å². The molecule has 1 aromatic carbocycles. The molecule has 1 aliphatic rings. The molecule has 3 aromatic rings. The Kier molecular flexibility index (Phi) is 7.10.